The van der Waals surface area contributed by atoms with Crippen molar-refractivity contribution in [2.24, 2.45) is 0 Å². The summed E-state index contributed by atoms with van der Waals surface area (Å²) in [5.41, 5.74) is 0.0869. The first kappa shape index (κ1) is 25.2. The number of imidazole rings is 1. The zero-order valence-electron chi connectivity index (χ0n) is 20.8. The van der Waals surface area contributed by atoms with E-state index < -0.39 is 36.1 Å². The van der Waals surface area contributed by atoms with E-state index in [2.05, 4.69) is 15.3 Å². The molecule has 0 aliphatic carbocycles. The molecule has 0 saturated heterocycles. The number of fused-ring (bicyclic) bond motifs is 4. The van der Waals surface area contributed by atoms with Crippen molar-refractivity contribution >= 4 is 39.7 Å². The normalized spacial score (nSPS) is 13.3. The average molecular weight is 544 g/mol. The van der Waals surface area contributed by atoms with Gasteiger partial charge in [-0.05, 0) is 18.2 Å². The first-order valence-corrected chi connectivity index (χ1v) is 12.4. The van der Waals surface area contributed by atoms with Crippen LogP contribution in [0.4, 0.5) is 13.2 Å². The van der Waals surface area contributed by atoms with E-state index in [1.807, 2.05) is 0 Å². The van der Waals surface area contributed by atoms with Crippen LogP contribution >= 0.6 is 0 Å². The van der Waals surface area contributed by atoms with Crippen molar-refractivity contribution in [3.05, 3.63) is 95.7 Å². The molecule has 0 bridgehead atoms. The summed E-state index contributed by atoms with van der Waals surface area (Å²) in [6, 6.07) is 21.6. The summed E-state index contributed by atoms with van der Waals surface area (Å²) in [7, 11) is 0. The second kappa shape index (κ2) is 9.60. The lowest BCUT2D eigenvalue weighted by molar-refractivity contribution is -0.139. The maximum absolute atomic E-state index is 14.1. The fourth-order valence-electron chi connectivity index (χ4n) is 4.95. The second-order valence-corrected chi connectivity index (χ2v) is 9.22. The maximum atomic E-state index is 14.1. The number of carbonyl (C=O) groups excluding carboxylic acids is 3. The molecule has 3 heterocycles. The molecule has 0 radical (unpaired) electrons. The van der Waals surface area contributed by atoms with Gasteiger partial charge >= 0.3 is 6.18 Å². The molecule has 0 atom stereocenters. The lowest BCUT2D eigenvalue weighted by Gasteiger charge is -2.15. The van der Waals surface area contributed by atoms with Crippen LogP contribution in [0.25, 0.3) is 33.3 Å². The molecular formula is C29H20F3N5O3. The molecule has 11 heteroatoms. The molecule has 1 N–H and O–H groups in total. The number of pyridine rings is 1. The fourth-order valence-corrected chi connectivity index (χ4v) is 4.95. The highest BCUT2D eigenvalue weighted by atomic mass is 19.4. The molecule has 3 amide bonds. The number of alkyl halides is 3. The van der Waals surface area contributed by atoms with Gasteiger partial charge in [-0.15, -0.1) is 0 Å². The van der Waals surface area contributed by atoms with E-state index in [9.17, 15) is 27.6 Å². The second-order valence-electron chi connectivity index (χ2n) is 9.22. The van der Waals surface area contributed by atoms with Crippen LogP contribution in [-0.2, 0) is 17.5 Å². The summed E-state index contributed by atoms with van der Waals surface area (Å²) >= 11 is 0. The number of hydrogen-bond acceptors (Lipinski definition) is 5. The SMILES string of the molecule is O=C(CN1C(=O)c2ccccc2C1=O)NCCn1c(-c2ccccc2)nc2c(C(F)(F)F)nc3ccccc3c21. The molecule has 8 nitrogen and oxygen atoms in total. The lowest BCUT2D eigenvalue weighted by Crippen LogP contribution is -2.41. The summed E-state index contributed by atoms with van der Waals surface area (Å²) in [6.07, 6.45) is -4.74. The molecule has 1 aliphatic rings. The van der Waals surface area contributed by atoms with Crippen LogP contribution in [0.15, 0.2) is 78.9 Å². The summed E-state index contributed by atoms with van der Waals surface area (Å²) in [6.45, 7) is -0.404. The molecule has 6 rings (SSSR count). The third-order valence-electron chi connectivity index (χ3n) is 6.72. The van der Waals surface area contributed by atoms with Crippen molar-refractivity contribution in [1.29, 1.82) is 0 Å². The number of halogens is 3. The molecule has 5 aromatic rings. The van der Waals surface area contributed by atoms with Crippen molar-refractivity contribution < 1.29 is 27.6 Å². The number of para-hydroxylation sites is 1. The lowest BCUT2D eigenvalue weighted by atomic mass is 10.1. The van der Waals surface area contributed by atoms with E-state index in [0.29, 0.717) is 10.9 Å². The molecule has 0 fully saturated rings. The largest absolute Gasteiger partial charge is 0.435 e. The molecule has 200 valence electrons. The first-order chi connectivity index (χ1) is 19.2. The van der Waals surface area contributed by atoms with Crippen LogP contribution < -0.4 is 5.32 Å². The summed E-state index contributed by atoms with van der Waals surface area (Å²) < 4.78 is 43.9. The van der Waals surface area contributed by atoms with Gasteiger partial charge in [0.1, 0.15) is 17.9 Å². The minimum absolute atomic E-state index is 0.00526. The van der Waals surface area contributed by atoms with Gasteiger partial charge in [0.25, 0.3) is 11.8 Å². The van der Waals surface area contributed by atoms with Crippen LogP contribution in [0.2, 0.25) is 0 Å². The van der Waals surface area contributed by atoms with Crippen molar-refractivity contribution in [3.63, 3.8) is 0 Å². The number of hydrogen-bond donors (Lipinski definition) is 1. The van der Waals surface area contributed by atoms with Crippen LogP contribution in [0.1, 0.15) is 26.4 Å². The van der Waals surface area contributed by atoms with E-state index in [4.69, 9.17) is 0 Å². The van der Waals surface area contributed by atoms with Crippen LogP contribution in [0, 0.1) is 0 Å². The number of rotatable bonds is 6. The highest BCUT2D eigenvalue weighted by Crippen LogP contribution is 2.38. The Balaban J connectivity index is 1.33. The Hall–Kier alpha value is -5.06. The molecule has 40 heavy (non-hydrogen) atoms. The molecule has 0 spiro atoms. The average Bonchev–Trinajstić information content (AvgIpc) is 3.44. The number of nitrogens with zero attached hydrogens (tertiary/aromatic N) is 4. The monoisotopic (exact) mass is 543 g/mol. The van der Waals surface area contributed by atoms with Gasteiger partial charge in [0.15, 0.2) is 5.69 Å². The Morgan fingerprint density at radius 1 is 0.825 bits per heavy atom. The minimum atomic E-state index is -4.74. The quantitative estimate of drug-likeness (QED) is 0.314. The van der Waals surface area contributed by atoms with Gasteiger partial charge < -0.3 is 9.88 Å². The Morgan fingerprint density at radius 2 is 1.45 bits per heavy atom. The van der Waals surface area contributed by atoms with Crippen molar-refractivity contribution in [3.8, 4) is 11.4 Å². The number of amides is 3. The van der Waals surface area contributed by atoms with Crippen LogP contribution in [-0.4, -0.2) is 50.2 Å². The Morgan fingerprint density at radius 3 is 2.12 bits per heavy atom. The van der Waals surface area contributed by atoms with Crippen LogP contribution in [0.5, 0.6) is 0 Å². The van der Waals surface area contributed by atoms with E-state index in [-0.39, 0.29) is 46.6 Å². The fraction of sp³-hybridized carbons (Fsp3) is 0.138. The standard InChI is InChI=1S/C29H20F3N5O3/c30-29(31,32)25-23-24(20-12-6-7-13-21(20)34-25)36(26(35-23)17-8-2-1-3-9-17)15-14-33-22(38)16-37-27(39)18-10-4-5-11-19(18)28(37)40/h1-13H,14-16H2,(H,33,38). The Kier molecular flexibility index (Phi) is 6.05. The topological polar surface area (TPSA) is 97.2 Å². The predicted molar refractivity (Wildman–Crippen MR) is 140 cm³/mol. The predicted octanol–water partition coefficient (Wildman–Crippen LogP) is 4.68. The number of aromatic nitrogens is 3. The number of carbonyl (C=O) groups is 3. The number of nitrogens with one attached hydrogen (secondary N) is 1. The van der Waals surface area contributed by atoms with Gasteiger partial charge in [-0.25, -0.2) is 9.97 Å². The number of imide groups is 1. The van der Waals surface area contributed by atoms with Crippen molar-refractivity contribution in [2.75, 3.05) is 13.1 Å². The third kappa shape index (κ3) is 4.25. The molecule has 2 aromatic heterocycles. The minimum Gasteiger partial charge on any atom is -0.353 e. The maximum Gasteiger partial charge on any atom is 0.435 e. The van der Waals surface area contributed by atoms with Gasteiger partial charge in [0.2, 0.25) is 5.91 Å². The van der Waals surface area contributed by atoms with Gasteiger partial charge in [-0.2, -0.15) is 13.2 Å². The van der Waals surface area contributed by atoms with Gasteiger partial charge in [-0.1, -0.05) is 60.7 Å². The van der Waals surface area contributed by atoms with Crippen LogP contribution in [0.3, 0.4) is 0 Å². The zero-order valence-corrected chi connectivity index (χ0v) is 20.8. The third-order valence-corrected chi connectivity index (χ3v) is 6.72. The summed E-state index contributed by atoms with van der Waals surface area (Å²) in [4.78, 5) is 47.1. The molecule has 0 unspecified atom stereocenters. The molecule has 1 aliphatic heterocycles. The van der Waals surface area contributed by atoms with E-state index in [1.165, 1.54) is 18.2 Å². The Labute approximate surface area is 225 Å². The van der Waals surface area contributed by atoms with Crippen molar-refractivity contribution in [2.45, 2.75) is 12.7 Å². The molecule has 0 saturated carbocycles. The summed E-state index contributed by atoms with van der Waals surface area (Å²) in [5, 5.41) is 3.16. The molecule has 3 aromatic carbocycles. The highest BCUT2D eigenvalue weighted by Gasteiger charge is 2.38. The van der Waals surface area contributed by atoms with Gasteiger partial charge in [0, 0.05) is 24.0 Å². The van der Waals surface area contributed by atoms with E-state index in [1.54, 1.807) is 65.2 Å². The first-order valence-electron chi connectivity index (χ1n) is 12.4. The van der Waals surface area contributed by atoms with Gasteiger partial charge in [0.05, 0.1) is 22.2 Å². The Bertz CT molecular complexity index is 1780. The van der Waals surface area contributed by atoms with E-state index in [0.717, 1.165) is 4.90 Å². The summed E-state index contributed by atoms with van der Waals surface area (Å²) in [5.74, 6) is -1.40. The number of benzene rings is 3. The van der Waals surface area contributed by atoms with Gasteiger partial charge in [-0.3, -0.25) is 19.3 Å². The van der Waals surface area contributed by atoms with Crippen molar-refractivity contribution in [1.82, 2.24) is 24.8 Å². The molecular weight excluding hydrogens is 523 g/mol. The highest BCUT2D eigenvalue weighted by molar-refractivity contribution is 6.22. The zero-order chi connectivity index (χ0) is 28.0. The smallest absolute Gasteiger partial charge is 0.353 e. The van der Waals surface area contributed by atoms with E-state index >= 15 is 0 Å².